The average Bonchev–Trinajstić information content (AvgIpc) is 2.32. The Labute approximate surface area is 114 Å². The van der Waals surface area contributed by atoms with E-state index in [1.807, 2.05) is 0 Å². The first-order chi connectivity index (χ1) is 8.47. The number of hydrogen-bond acceptors (Lipinski definition) is 4. The molecule has 1 unspecified atom stereocenters. The molecule has 7 heteroatoms. The van der Waals surface area contributed by atoms with Crippen molar-refractivity contribution in [1.29, 1.82) is 0 Å². The summed E-state index contributed by atoms with van der Waals surface area (Å²) in [6, 6.07) is 4.46. The van der Waals surface area contributed by atoms with E-state index in [4.69, 9.17) is 14.6 Å². The van der Waals surface area contributed by atoms with Crippen LogP contribution in [0.25, 0.3) is 0 Å². The number of ether oxygens (including phenoxy) is 2. The molecule has 1 saturated heterocycles. The lowest BCUT2D eigenvalue weighted by atomic mass is 10.2. The van der Waals surface area contributed by atoms with Crippen LogP contribution >= 0.6 is 15.9 Å². The van der Waals surface area contributed by atoms with Crippen LogP contribution in [-0.4, -0.2) is 27.7 Å². The lowest BCUT2D eigenvalue weighted by Crippen LogP contribution is -2.28. The van der Waals surface area contributed by atoms with Crippen molar-refractivity contribution in [2.75, 3.05) is 13.2 Å². The summed E-state index contributed by atoms with van der Waals surface area (Å²) in [7, 11) is -3.69. The van der Waals surface area contributed by atoms with Crippen molar-refractivity contribution in [3.05, 3.63) is 22.7 Å². The summed E-state index contributed by atoms with van der Waals surface area (Å²) < 4.78 is 34.0. The Morgan fingerprint density at radius 3 is 2.78 bits per heavy atom. The number of nitrogens with two attached hydrogens (primary N) is 1. The molecule has 1 aromatic rings. The summed E-state index contributed by atoms with van der Waals surface area (Å²) in [5.41, 5.74) is 0. The highest BCUT2D eigenvalue weighted by Crippen LogP contribution is 2.29. The van der Waals surface area contributed by atoms with Crippen molar-refractivity contribution in [2.45, 2.75) is 23.8 Å². The van der Waals surface area contributed by atoms with Crippen LogP contribution in [0.2, 0.25) is 0 Å². The molecule has 0 radical (unpaired) electrons. The molecule has 1 fully saturated rings. The number of primary sulfonamides is 1. The molecule has 1 aliphatic rings. The Morgan fingerprint density at radius 1 is 1.44 bits per heavy atom. The standard InChI is InChI=1S/C11H14BrNO4S/c12-10-6-9(18(13,14)15)3-4-11(10)17-8-2-1-5-16-7-8/h3-4,6,8H,1-2,5,7H2,(H2,13,14,15). The van der Waals surface area contributed by atoms with Gasteiger partial charge < -0.3 is 9.47 Å². The van der Waals surface area contributed by atoms with E-state index in [9.17, 15) is 8.42 Å². The average molecular weight is 336 g/mol. The zero-order valence-corrected chi connectivity index (χ0v) is 12.0. The molecule has 0 bridgehead atoms. The number of benzene rings is 1. The summed E-state index contributed by atoms with van der Waals surface area (Å²) in [6.45, 7) is 1.33. The van der Waals surface area contributed by atoms with Gasteiger partial charge in [0.25, 0.3) is 0 Å². The molecule has 0 saturated carbocycles. The monoisotopic (exact) mass is 335 g/mol. The Bertz CT molecular complexity index is 526. The fraction of sp³-hybridized carbons (Fsp3) is 0.455. The fourth-order valence-corrected chi connectivity index (χ4v) is 2.90. The van der Waals surface area contributed by atoms with Crippen LogP contribution < -0.4 is 9.88 Å². The largest absolute Gasteiger partial charge is 0.487 e. The third-order valence-corrected chi connectivity index (χ3v) is 4.17. The Morgan fingerprint density at radius 2 is 2.22 bits per heavy atom. The van der Waals surface area contributed by atoms with Gasteiger partial charge in [-0.2, -0.15) is 0 Å². The van der Waals surface area contributed by atoms with Crippen molar-refractivity contribution in [3.8, 4) is 5.75 Å². The van der Waals surface area contributed by atoms with Gasteiger partial charge in [0, 0.05) is 6.61 Å². The minimum Gasteiger partial charge on any atom is -0.487 e. The highest BCUT2D eigenvalue weighted by molar-refractivity contribution is 9.10. The van der Waals surface area contributed by atoms with Gasteiger partial charge >= 0.3 is 0 Å². The SMILES string of the molecule is NS(=O)(=O)c1ccc(OC2CCCOC2)c(Br)c1. The van der Waals surface area contributed by atoms with E-state index in [-0.39, 0.29) is 11.0 Å². The van der Waals surface area contributed by atoms with Gasteiger partial charge in [0.05, 0.1) is 16.0 Å². The van der Waals surface area contributed by atoms with Gasteiger partial charge in [-0.05, 0) is 47.0 Å². The Balaban J connectivity index is 2.14. The summed E-state index contributed by atoms with van der Waals surface area (Å²) >= 11 is 3.28. The predicted octanol–water partition coefficient (Wildman–Crippen LogP) is 1.65. The molecule has 0 aliphatic carbocycles. The zero-order chi connectivity index (χ0) is 13.2. The first kappa shape index (κ1) is 13.8. The third-order valence-electron chi connectivity index (χ3n) is 2.64. The molecule has 100 valence electrons. The van der Waals surface area contributed by atoms with Crippen LogP contribution in [0.5, 0.6) is 5.75 Å². The van der Waals surface area contributed by atoms with Gasteiger partial charge in [-0.1, -0.05) is 0 Å². The maximum atomic E-state index is 11.2. The highest BCUT2D eigenvalue weighted by atomic mass is 79.9. The molecular formula is C11H14BrNO4S. The minimum atomic E-state index is -3.69. The number of halogens is 1. The molecule has 1 heterocycles. The summed E-state index contributed by atoms with van der Waals surface area (Å²) in [6.07, 6.45) is 1.91. The van der Waals surface area contributed by atoms with E-state index < -0.39 is 10.0 Å². The Hall–Kier alpha value is -0.630. The van der Waals surface area contributed by atoms with E-state index in [1.165, 1.54) is 12.1 Å². The van der Waals surface area contributed by atoms with E-state index in [2.05, 4.69) is 15.9 Å². The summed E-state index contributed by atoms with van der Waals surface area (Å²) in [5.74, 6) is 0.595. The number of hydrogen-bond donors (Lipinski definition) is 1. The molecular weight excluding hydrogens is 322 g/mol. The molecule has 1 aliphatic heterocycles. The second-order valence-electron chi connectivity index (χ2n) is 4.09. The van der Waals surface area contributed by atoms with Crippen LogP contribution in [0, 0.1) is 0 Å². The van der Waals surface area contributed by atoms with Gasteiger partial charge in [0.1, 0.15) is 11.9 Å². The molecule has 2 N–H and O–H groups in total. The fourth-order valence-electron chi connectivity index (χ4n) is 1.74. The quantitative estimate of drug-likeness (QED) is 0.910. The van der Waals surface area contributed by atoms with E-state index >= 15 is 0 Å². The topological polar surface area (TPSA) is 78.6 Å². The lowest BCUT2D eigenvalue weighted by Gasteiger charge is -2.23. The molecule has 1 aromatic carbocycles. The van der Waals surface area contributed by atoms with Gasteiger partial charge in [-0.3, -0.25) is 0 Å². The van der Waals surface area contributed by atoms with E-state index in [1.54, 1.807) is 6.07 Å². The van der Waals surface area contributed by atoms with Crippen molar-refractivity contribution in [2.24, 2.45) is 5.14 Å². The maximum Gasteiger partial charge on any atom is 0.238 e. The smallest absolute Gasteiger partial charge is 0.238 e. The number of sulfonamides is 1. The molecule has 18 heavy (non-hydrogen) atoms. The zero-order valence-electron chi connectivity index (χ0n) is 9.63. The second-order valence-corrected chi connectivity index (χ2v) is 6.51. The lowest BCUT2D eigenvalue weighted by molar-refractivity contribution is 0.00709. The van der Waals surface area contributed by atoms with Gasteiger partial charge in [0.2, 0.25) is 10.0 Å². The molecule has 0 aromatic heterocycles. The van der Waals surface area contributed by atoms with Crippen LogP contribution in [0.4, 0.5) is 0 Å². The first-order valence-corrected chi connectivity index (χ1v) is 7.87. The van der Waals surface area contributed by atoms with Gasteiger partial charge in [-0.15, -0.1) is 0 Å². The van der Waals surface area contributed by atoms with E-state index in [0.717, 1.165) is 19.4 Å². The van der Waals surface area contributed by atoms with Crippen LogP contribution in [0.15, 0.2) is 27.6 Å². The van der Waals surface area contributed by atoms with E-state index in [0.29, 0.717) is 16.8 Å². The normalized spacial score (nSPS) is 20.7. The molecule has 0 spiro atoms. The van der Waals surface area contributed by atoms with Crippen LogP contribution in [0.3, 0.4) is 0 Å². The van der Waals surface area contributed by atoms with Crippen LogP contribution in [-0.2, 0) is 14.8 Å². The predicted molar refractivity (Wildman–Crippen MR) is 70.0 cm³/mol. The van der Waals surface area contributed by atoms with Crippen molar-refractivity contribution >= 4 is 26.0 Å². The summed E-state index contributed by atoms with van der Waals surface area (Å²) in [5, 5.41) is 5.05. The van der Waals surface area contributed by atoms with Gasteiger partial charge in [0.15, 0.2) is 0 Å². The van der Waals surface area contributed by atoms with Crippen molar-refractivity contribution < 1.29 is 17.9 Å². The summed E-state index contributed by atoms with van der Waals surface area (Å²) in [4.78, 5) is 0.0571. The van der Waals surface area contributed by atoms with Crippen molar-refractivity contribution in [3.63, 3.8) is 0 Å². The maximum absolute atomic E-state index is 11.2. The molecule has 5 nitrogen and oxygen atoms in total. The number of rotatable bonds is 3. The molecule has 1 atom stereocenters. The molecule has 2 rings (SSSR count). The van der Waals surface area contributed by atoms with Crippen LogP contribution in [0.1, 0.15) is 12.8 Å². The highest BCUT2D eigenvalue weighted by Gasteiger charge is 2.17. The minimum absolute atomic E-state index is 0.00961. The second kappa shape index (κ2) is 5.56. The molecule has 0 amide bonds. The first-order valence-electron chi connectivity index (χ1n) is 5.53. The third kappa shape index (κ3) is 3.44. The van der Waals surface area contributed by atoms with Gasteiger partial charge in [-0.25, -0.2) is 13.6 Å². The Kier molecular flexibility index (Phi) is 4.26. The van der Waals surface area contributed by atoms with Crippen molar-refractivity contribution in [1.82, 2.24) is 0 Å².